The lowest BCUT2D eigenvalue weighted by atomic mass is 10.1. The third kappa shape index (κ3) is 2.73. The minimum Gasteiger partial charge on any atom is -0.439 e. The Hall–Kier alpha value is -1.33. The summed E-state index contributed by atoms with van der Waals surface area (Å²) in [4.78, 5) is 0. The molecule has 0 bridgehead atoms. The average molecular weight is 310 g/mol. The molecule has 1 atom stereocenters. The summed E-state index contributed by atoms with van der Waals surface area (Å²) in [7, 11) is 1.85. The molecule has 18 heavy (non-hydrogen) atoms. The van der Waals surface area contributed by atoms with Crippen LogP contribution in [0.5, 0.6) is 11.6 Å². The Morgan fingerprint density at radius 1 is 1.39 bits per heavy atom. The van der Waals surface area contributed by atoms with Gasteiger partial charge in [0.15, 0.2) is 0 Å². The van der Waals surface area contributed by atoms with Gasteiger partial charge in [0.05, 0.1) is 5.69 Å². The molecule has 0 aliphatic rings. The number of aromatic nitrogens is 2. The standard InChI is InChI=1S/C13H16BrN3O/c1-8-6-13(17(3)16-8)18-12-7-10(14)4-5-11(12)9(2)15/h4-7,9H,15H2,1-3H3. The third-order valence-corrected chi connectivity index (χ3v) is 3.13. The molecule has 2 aromatic rings. The van der Waals surface area contributed by atoms with Crippen molar-refractivity contribution in [2.45, 2.75) is 19.9 Å². The summed E-state index contributed by atoms with van der Waals surface area (Å²) in [5, 5.41) is 4.25. The van der Waals surface area contributed by atoms with E-state index in [1.807, 2.05) is 45.2 Å². The van der Waals surface area contributed by atoms with E-state index in [1.54, 1.807) is 4.68 Å². The first-order chi connectivity index (χ1) is 8.47. The second kappa shape index (κ2) is 5.12. The summed E-state index contributed by atoms with van der Waals surface area (Å²) in [6.07, 6.45) is 0. The van der Waals surface area contributed by atoms with Gasteiger partial charge >= 0.3 is 0 Å². The molecule has 1 aromatic carbocycles. The molecule has 96 valence electrons. The molecule has 0 saturated heterocycles. The molecule has 0 aliphatic heterocycles. The molecule has 0 aliphatic carbocycles. The molecule has 0 radical (unpaired) electrons. The molecule has 5 heteroatoms. The highest BCUT2D eigenvalue weighted by atomic mass is 79.9. The molecule has 1 unspecified atom stereocenters. The Labute approximate surface area is 115 Å². The van der Waals surface area contributed by atoms with Crippen LogP contribution in [-0.4, -0.2) is 9.78 Å². The van der Waals surface area contributed by atoms with Crippen LogP contribution in [0.3, 0.4) is 0 Å². The zero-order valence-electron chi connectivity index (χ0n) is 10.6. The van der Waals surface area contributed by atoms with Gasteiger partial charge in [-0.15, -0.1) is 0 Å². The van der Waals surface area contributed by atoms with Gasteiger partial charge in [-0.2, -0.15) is 5.10 Å². The third-order valence-electron chi connectivity index (χ3n) is 2.64. The van der Waals surface area contributed by atoms with E-state index in [-0.39, 0.29) is 6.04 Å². The SMILES string of the molecule is Cc1cc(Oc2cc(Br)ccc2C(C)N)n(C)n1. The van der Waals surface area contributed by atoms with Crippen LogP contribution in [0.15, 0.2) is 28.7 Å². The molecule has 2 rings (SSSR count). The molecular weight excluding hydrogens is 294 g/mol. The van der Waals surface area contributed by atoms with Crippen LogP contribution in [0.25, 0.3) is 0 Å². The van der Waals surface area contributed by atoms with Crippen molar-refractivity contribution >= 4 is 15.9 Å². The fourth-order valence-corrected chi connectivity index (χ4v) is 2.11. The van der Waals surface area contributed by atoms with E-state index in [0.717, 1.165) is 21.5 Å². The number of aryl methyl sites for hydroxylation is 2. The van der Waals surface area contributed by atoms with Gasteiger partial charge in [0.1, 0.15) is 5.75 Å². The highest BCUT2D eigenvalue weighted by Crippen LogP contribution is 2.31. The Morgan fingerprint density at radius 3 is 2.67 bits per heavy atom. The Kier molecular flexibility index (Phi) is 3.73. The summed E-state index contributed by atoms with van der Waals surface area (Å²) in [5.74, 6) is 1.45. The second-order valence-electron chi connectivity index (χ2n) is 4.32. The van der Waals surface area contributed by atoms with Gasteiger partial charge in [-0.25, -0.2) is 4.68 Å². The van der Waals surface area contributed by atoms with Gasteiger partial charge in [0.25, 0.3) is 0 Å². The van der Waals surface area contributed by atoms with Crippen molar-refractivity contribution < 1.29 is 4.74 Å². The lowest BCUT2D eigenvalue weighted by Gasteiger charge is -2.13. The van der Waals surface area contributed by atoms with Crippen LogP contribution in [-0.2, 0) is 7.05 Å². The van der Waals surface area contributed by atoms with Gasteiger partial charge in [-0.3, -0.25) is 0 Å². The highest BCUT2D eigenvalue weighted by Gasteiger charge is 2.12. The van der Waals surface area contributed by atoms with Crippen molar-refractivity contribution in [1.82, 2.24) is 9.78 Å². The fourth-order valence-electron chi connectivity index (χ4n) is 1.77. The Balaban J connectivity index is 2.38. The monoisotopic (exact) mass is 309 g/mol. The fraction of sp³-hybridized carbons (Fsp3) is 0.308. The van der Waals surface area contributed by atoms with E-state index in [0.29, 0.717) is 5.88 Å². The molecule has 1 heterocycles. The Morgan fingerprint density at radius 2 is 2.11 bits per heavy atom. The lowest BCUT2D eigenvalue weighted by molar-refractivity contribution is 0.423. The number of halogens is 1. The second-order valence-corrected chi connectivity index (χ2v) is 5.24. The summed E-state index contributed by atoms with van der Waals surface area (Å²) in [6, 6.07) is 7.66. The topological polar surface area (TPSA) is 53.1 Å². The summed E-state index contributed by atoms with van der Waals surface area (Å²) < 4.78 is 8.56. The number of benzene rings is 1. The van der Waals surface area contributed by atoms with E-state index in [9.17, 15) is 0 Å². The van der Waals surface area contributed by atoms with Crippen LogP contribution < -0.4 is 10.5 Å². The normalized spacial score (nSPS) is 12.5. The number of rotatable bonds is 3. The number of ether oxygens (including phenoxy) is 1. The van der Waals surface area contributed by atoms with Gasteiger partial charge < -0.3 is 10.5 Å². The van der Waals surface area contributed by atoms with E-state index in [2.05, 4.69) is 21.0 Å². The minimum atomic E-state index is -0.0811. The average Bonchev–Trinajstić information content (AvgIpc) is 2.57. The number of hydrogen-bond donors (Lipinski definition) is 1. The van der Waals surface area contributed by atoms with Gasteiger partial charge in [-0.05, 0) is 26.0 Å². The lowest BCUT2D eigenvalue weighted by Crippen LogP contribution is -2.07. The van der Waals surface area contributed by atoms with Crippen LogP contribution in [0.1, 0.15) is 24.2 Å². The van der Waals surface area contributed by atoms with Gasteiger partial charge in [-0.1, -0.05) is 22.0 Å². The van der Waals surface area contributed by atoms with Crippen molar-refractivity contribution in [3.05, 3.63) is 40.0 Å². The zero-order chi connectivity index (χ0) is 13.3. The molecule has 1 aromatic heterocycles. The maximum Gasteiger partial charge on any atom is 0.217 e. The van der Waals surface area contributed by atoms with E-state index < -0.39 is 0 Å². The molecule has 0 fully saturated rings. The van der Waals surface area contributed by atoms with Crippen LogP contribution in [0.2, 0.25) is 0 Å². The van der Waals surface area contributed by atoms with Crippen molar-refractivity contribution in [2.24, 2.45) is 12.8 Å². The van der Waals surface area contributed by atoms with E-state index in [1.165, 1.54) is 0 Å². The largest absolute Gasteiger partial charge is 0.439 e. The van der Waals surface area contributed by atoms with Crippen LogP contribution in [0, 0.1) is 6.92 Å². The number of nitrogens with two attached hydrogens (primary N) is 1. The van der Waals surface area contributed by atoms with E-state index >= 15 is 0 Å². The zero-order valence-corrected chi connectivity index (χ0v) is 12.2. The molecule has 0 spiro atoms. The van der Waals surface area contributed by atoms with Crippen LogP contribution in [0.4, 0.5) is 0 Å². The van der Waals surface area contributed by atoms with Crippen molar-refractivity contribution in [3.8, 4) is 11.6 Å². The number of nitrogens with zero attached hydrogens (tertiary/aromatic N) is 2. The predicted octanol–water partition coefficient (Wildman–Crippen LogP) is 3.30. The minimum absolute atomic E-state index is 0.0811. The van der Waals surface area contributed by atoms with Crippen molar-refractivity contribution in [3.63, 3.8) is 0 Å². The molecule has 0 amide bonds. The molecular formula is C13H16BrN3O. The molecule has 2 N–H and O–H groups in total. The summed E-state index contributed by atoms with van der Waals surface area (Å²) in [6.45, 7) is 3.87. The van der Waals surface area contributed by atoms with Crippen molar-refractivity contribution in [1.29, 1.82) is 0 Å². The highest BCUT2D eigenvalue weighted by molar-refractivity contribution is 9.10. The first-order valence-electron chi connectivity index (χ1n) is 5.71. The van der Waals surface area contributed by atoms with Gasteiger partial charge in [0, 0.05) is 29.2 Å². The first kappa shape index (κ1) is 13.1. The quantitative estimate of drug-likeness (QED) is 0.946. The maximum absolute atomic E-state index is 5.94. The first-order valence-corrected chi connectivity index (χ1v) is 6.50. The molecule has 4 nitrogen and oxygen atoms in total. The summed E-state index contributed by atoms with van der Waals surface area (Å²) >= 11 is 3.44. The Bertz CT molecular complexity index is 563. The summed E-state index contributed by atoms with van der Waals surface area (Å²) in [5.41, 5.74) is 7.83. The number of hydrogen-bond acceptors (Lipinski definition) is 3. The smallest absolute Gasteiger partial charge is 0.217 e. The molecule has 0 saturated carbocycles. The van der Waals surface area contributed by atoms with Gasteiger partial charge in [0.2, 0.25) is 5.88 Å². The van der Waals surface area contributed by atoms with Crippen LogP contribution >= 0.6 is 15.9 Å². The maximum atomic E-state index is 5.94. The van der Waals surface area contributed by atoms with E-state index in [4.69, 9.17) is 10.5 Å². The predicted molar refractivity (Wildman–Crippen MR) is 74.8 cm³/mol. The van der Waals surface area contributed by atoms with Crippen molar-refractivity contribution in [2.75, 3.05) is 0 Å².